The lowest BCUT2D eigenvalue weighted by atomic mass is 9.75. The average Bonchev–Trinajstić information content (AvgIpc) is 2.20. The van der Waals surface area contributed by atoms with Crippen LogP contribution in [0.15, 0.2) is 11.1 Å². The van der Waals surface area contributed by atoms with Crippen molar-refractivity contribution in [3.8, 4) is 0 Å². The van der Waals surface area contributed by atoms with E-state index in [1.165, 1.54) is 19.3 Å². The molecule has 15 heavy (non-hydrogen) atoms. The van der Waals surface area contributed by atoms with Crippen LogP contribution >= 0.6 is 0 Å². The first-order valence-electron chi connectivity index (χ1n) is 6.71. The molecule has 1 aliphatic rings. The molecule has 0 fully saturated rings. The van der Waals surface area contributed by atoms with E-state index in [4.69, 9.17) is 0 Å². The maximum absolute atomic E-state index is 2.36. The van der Waals surface area contributed by atoms with Crippen LogP contribution in [0.1, 0.15) is 67.7 Å². The smallest absolute Gasteiger partial charge is 0.0257 e. The van der Waals surface area contributed by atoms with Crippen molar-refractivity contribution >= 4 is 0 Å². The quantitative estimate of drug-likeness (QED) is 0.532. The van der Waals surface area contributed by atoms with Gasteiger partial charge in [-0.2, -0.15) is 0 Å². The van der Waals surface area contributed by atoms with E-state index in [0.29, 0.717) is 0 Å². The van der Waals surface area contributed by atoms with Gasteiger partial charge in [0.2, 0.25) is 0 Å². The fourth-order valence-corrected chi connectivity index (χ4v) is 2.42. The molecule has 0 aromatic carbocycles. The van der Waals surface area contributed by atoms with Gasteiger partial charge < -0.3 is 0 Å². The van der Waals surface area contributed by atoms with E-state index < -0.39 is 0 Å². The minimum Gasteiger partial charge on any atom is -0.0738 e. The third kappa shape index (κ3) is 4.40. The van der Waals surface area contributed by atoms with Crippen molar-refractivity contribution in [2.75, 3.05) is 0 Å². The molecule has 1 atom stereocenters. The highest BCUT2D eigenvalue weighted by molar-refractivity contribution is 5.18. The second kappa shape index (κ2) is 7.09. The molecule has 0 aromatic rings. The summed E-state index contributed by atoms with van der Waals surface area (Å²) < 4.78 is 0. The second-order valence-corrected chi connectivity index (χ2v) is 5.21. The minimum atomic E-state index is 0.765. The number of allylic oxidation sites excluding steroid dienone is 2. The van der Waals surface area contributed by atoms with Gasteiger partial charge >= 0.3 is 0 Å². The summed E-state index contributed by atoms with van der Waals surface area (Å²) in [4.78, 5) is 0. The van der Waals surface area contributed by atoms with E-state index in [9.17, 15) is 0 Å². The Labute approximate surface area is 97.2 Å². The van der Waals surface area contributed by atoms with Crippen LogP contribution in [0, 0.1) is 17.8 Å². The largest absolute Gasteiger partial charge is 0.0738 e. The average molecular weight is 210 g/mol. The molecule has 0 heterocycles. The lowest BCUT2D eigenvalue weighted by Crippen LogP contribution is -2.17. The second-order valence-electron chi connectivity index (χ2n) is 5.21. The molecule has 0 saturated heterocycles. The first-order chi connectivity index (χ1) is 7.02. The standard InChI is InChI=1S/C13H24.C2H6/c1-9(2)12-7-6-11(5)13(8-12)10(3)4;1-2/h9-10,12H,6-8H2,1-5H3;1-2H3. The van der Waals surface area contributed by atoms with Crippen molar-refractivity contribution in [3.05, 3.63) is 11.1 Å². The third-order valence-electron chi connectivity index (χ3n) is 3.56. The monoisotopic (exact) mass is 210 g/mol. The maximum atomic E-state index is 2.36. The predicted octanol–water partition coefficient (Wildman–Crippen LogP) is 5.44. The van der Waals surface area contributed by atoms with Gasteiger partial charge in [0, 0.05) is 0 Å². The summed E-state index contributed by atoms with van der Waals surface area (Å²) in [6.07, 6.45) is 4.12. The lowest BCUT2D eigenvalue weighted by Gasteiger charge is -2.30. The molecule has 0 saturated carbocycles. The maximum Gasteiger partial charge on any atom is -0.0257 e. The molecule has 0 amide bonds. The Morgan fingerprint density at radius 3 is 2.00 bits per heavy atom. The number of hydrogen-bond donors (Lipinski definition) is 0. The zero-order chi connectivity index (χ0) is 12.0. The molecule has 0 radical (unpaired) electrons. The number of rotatable bonds is 2. The molecular formula is C15H30. The van der Waals surface area contributed by atoms with Gasteiger partial charge in [-0.1, -0.05) is 52.7 Å². The van der Waals surface area contributed by atoms with Gasteiger partial charge in [-0.05, 0) is 43.9 Å². The van der Waals surface area contributed by atoms with E-state index in [1.807, 2.05) is 13.8 Å². The van der Waals surface area contributed by atoms with E-state index in [0.717, 1.165) is 17.8 Å². The van der Waals surface area contributed by atoms with Gasteiger partial charge in [0.15, 0.2) is 0 Å². The summed E-state index contributed by atoms with van der Waals surface area (Å²) in [6, 6.07) is 0. The molecule has 0 aromatic heterocycles. The van der Waals surface area contributed by atoms with Crippen LogP contribution in [0.5, 0.6) is 0 Å². The topological polar surface area (TPSA) is 0 Å². The van der Waals surface area contributed by atoms with Crippen LogP contribution in [-0.2, 0) is 0 Å². The van der Waals surface area contributed by atoms with Gasteiger partial charge in [0.05, 0.1) is 0 Å². The molecule has 1 unspecified atom stereocenters. The Morgan fingerprint density at radius 2 is 1.60 bits per heavy atom. The summed E-state index contributed by atoms with van der Waals surface area (Å²) in [5.41, 5.74) is 3.41. The van der Waals surface area contributed by atoms with Crippen molar-refractivity contribution in [3.63, 3.8) is 0 Å². The fourth-order valence-electron chi connectivity index (χ4n) is 2.42. The van der Waals surface area contributed by atoms with E-state index in [2.05, 4.69) is 34.6 Å². The van der Waals surface area contributed by atoms with Gasteiger partial charge in [0.1, 0.15) is 0 Å². The normalized spacial score (nSPS) is 21.8. The molecule has 0 aliphatic heterocycles. The number of hydrogen-bond acceptors (Lipinski definition) is 0. The van der Waals surface area contributed by atoms with Crippen molar-refractivity contribution < 1.29 is 0 Å². The fraction of sp³-hybridized carbons (Fsp3) is 0.867. The summed E-state index contributed by atoms with van der Waals surface area (Å²) in [5.74, 6) is 2.57. The molecule has 0 heteroatoms. The zero-order valence-electron chi connectivity index (χ0n) is 11.9. The highest BCUT2D eigenvalue weighted by Crippen LogP contribution is 2.36. The first-order valence-corrected chi connectivity index (χ1v) is 6.71. The van der Waals surface area contributed by atoms with Crippen LogP contribution in [0.3, 0.4) is 0 Å². The molecule has 90 valence electrons. The highest BCUT2D eigenvalue weighted by Gasteiger charge is 2.22. The molecule has 0 bridgehead atoms. The van der Waals surface area contributed by atoms with Crippen molar-refractivity contribution in [1.82, 2.24) is 0 Å². The van der Waals surface area contributed by atoms with Crippen LogP contribution in [0.25, 0.3) is 0 Å². The third-order valence-corrected chi connectivity index (χ3v) is 3.56. The summed E-state index contributed by atoms with van der Waals surface area (Å²) in [7, 11) is 0. The molecule has 0 N–H and O–H groups in total. The minimum absolute atomic E-state index is 0.765. The Morgan fingerprint density at radius 1 is 1.07 bits per heavy atom. The lowest BCUT2D eigenvalue weighted by molar-refractivity contribution is 0.330. The van der Waals surface area contributed by atoms with E-state index >= 15 is 0 Å². The molecule has 0 spiro atoms. The van der Waals surface area contributed by atoms with Gasteiger partial charge in [0.25, 0.3) is 0 Å². The van der Waals surface area contributed by atoms with Gasteiger partial charge in [-0.3, -0.25) is 0 Å². The first kappa shape index (κ1) is 14.7. The van der Waals surface area contributed by atoms with Crippen molar-refractivity contribution in [1.29, 1.82) is 0 Å². The molecule has 0 nitrogen and oxygen atoms in total. The van der Waals surface area contributed by atoms with Crippen molar-refractivity contribution in [2.45, 2.75) is 67.7 Å². The zero-order valence-corrected chi connectivity index (χ0v) is 11.9. The van der Waals surface area contributed by atoms with E-state index in [1.54, 1.807) is 11.1 Å². The Bertz CT molecular complexity index is 196. The van der Waals surface area contributed by atoms with Crippen LogP contribution < -0.4 is 0 Å². The van der Waals surface area contributed by atoms with Crippen LogP contribution in [0.2, 0.25) is 0 Å². The SMILES string of the molecule is CC.CC1=C(C(C)C)CC(C(C)C)CC1. The Hall–Kier alpha value is -0.260. The van der Waals surface area contributed by atoms with Gasteiger partial charge in [-0.25, -0.2) is 0 Å². The molecular weight excluding hydrogens is 180 g/mol. The van der Waals surface area contributed by atoms with Crippen LogP contribution in [0.4, 0.5) is 0 Å². The summed E-state index contributed by atoms with van der Waals surface area (Å²) in [6.45, 7) is 15.7. The van der Waals surface area contributed by atoms with E-state index in [-0.39, 0.29) is 0 Å². The van der Waals surface area contributed by atoms with Crippen LogP contribution in [-0.4, -0.2) is 0 Å². The predicted molar refractivity (Wildman–Crippen MR) is 71.1 cm³/mol. The summed E-state index contributed by atoms with van der Waals surface area (Å²) in [5, 5.41) is 0. The molecule has 1 rings (SSSR count). The Balaban J connectivity index is 0.000000921. The van der Waals surface area contributed by atoms with Gasteiger partial charge in [-0.15, -0.1) is 0 Å². The molecule has 1 aliphatic carbocycles. The Kier molecular flexibility index (Phi) is 6.96. The summed E-state index contributed by atoms with van der Waals surface area (Å²) >= 11 is 0. The van der Waals surface area contributed by atoms with Crippen molar-refractivity contribution in [2.24, 2.45) is 17.8 Å². The highest BCUT2D eigenvalue weighted by atomic mass is 14.3.